The van der Waals surface area contributed by atoms with E-state index in [2.05, 4.69) is 13.8 Å². The Hall–Kier alpha value is -1.00. The lowest BCUT2D eigenvalue weighted by molar-refractivity contribution is 0.0618. The third-order valence-corrected chi connectivity index (χ3v) is 9.35. The fourth-order valence-electron chi connectivity index (χ4n) is 3.79. The van der Waals surface area contributed by atoms with Crippen molar-refractivity contribution < 1.29 is 21.9 Å². The first kappa shape index (κ1) is 20.7. The van der Waals surface area contributed by atoms with Crippen molar-refractivity contribution in [2.24, 2.45) is 0 Å². The number of hydrogen-bond acceptors (Lipinski definition) is 6. The van der Waals surface area contributed by atoms with Crippen LogP contribution >= 0.6 is 0 Å². The Morgan fingerprint density at radius 1 is 1.11 bits per heavy atom. The van der Waals surface area contributed by atoms with Crippen LogP contribution in [-0.2, 0) is 19.9 Å². The Morgan fingerprint density at radius 3 is 2.19 bits per heavy atom. The second kappa shape index (κ2) is 7.79. The second-order valence-corrected chi connectivity index (χ2v) is 11.6. The van der Waals surface area contributed by atoms with Crippen LogP contribution < -0.4 is 0 Å². The number of rotatable bonds is 5. The van der Waals surface area contributed by atoms with Gasteiger partial charge in [-0.05, 0) is 30.0 Å². The number of sulfonamides is 1. The van der Waals surface area contributed by atoms with Crippen molar-refractivity contribution in [2.45, 2.75) is 43.2 Å². The summed E-state index contributed by atoms with van der Waals surface area (Å²) in [6.07, 6.45) is 0.0998. The summed E-state index contributed by atoms with van der Waals surface area (Å²) in [5.74, 6) is 0.121. The number of aliphatic hydroxyl groups is 1. The lowest BCUT2D eigenvalue weighted by Gasteiger charge is -2.37. The fraction of sp³-hybridized carbons (Fsp3) is 0.667. The van der Waals surface area contributed by atoms with Gasteiger partial charge in [0.1, 0.15) is 0 Å². The molecular formula is C18H28N2O5S2. The molecule has 27 heavy (non-hydrogen) atoms. The van der Waals surface area contributed by atoms with Crippen LogP contribution in [0.15, 0.2) is 29.2 Å². The summed E-state index contributed by atoms with van der Waals surface area (Å²) in [4.78, 5) is 2.18. The first-order chi connectivity index (χ1) is 12.6. The van der Waals surface area contributed by atoms with Crippen molar-refractivity contribution in [1.82, 2.24) is 9.21 Å². The Bertz CT molecular complexity index is 860. The molecule has 0 saturated carbocycles. The molecule has 0 unspecified atom stereocenters. The van der Waals surface area contributed by atoms with Crippen molar-refractivity contribution in [3.05, 3.63) is 29.8 Å². The van der Waals surface area contributed by atoms with Gasteiger partial charge in [-0.25, -0.2) is 16.8 Å². The number of aliphatic hydroxyl groups excluding tert-OH is 1. The lowest BCUT2D eigenvalue weighted by atomic mass is 9.99. The van der Waals surface area contributed by atoms with E-state index in [0.717, 1.165) is 12.0 Å². The third kappa shape index (κ3) is 4.37. The molecule has 2 saturated heterocycles. The van der Waals surface area contributed by atoms with Crippen LogP contribution in [-0.4, -0.2) is 81.0 Å². The topological polar surface area (TPSA) is 95.0 Å². The zero-order chi connectivity index (χ0) is 19.8. The van der Waals surface area contributed by atoms with Gasteiger partial charge in [-0.15, -0.1) is 0 Å². The minimum atomic E-state index is -3.57. The fourth-order valence-corrected chi connectivity index (χ4v) is 7.04. The minimum absolute atomic E-state index is 0.0575. The van der Waals surface area contributed by atoms with E-state index in [-0.39, 0.29) is 16.4 Å². The molecule has 0 radical (unpaired) electrons. The smallest absolute Gasteiger partial charge is 0.243 e. The number of hydrogen-bond donors (Lipinski definition) is 1. The molecule has 1 N–H and O–H groups in total. The normalized spacial score (nSPS) is 28.3. The van der Waals surface area contributed by atoms with Crippen LogP contribution in [0.2, 0.25) is 0 Å². The predicted octanol–water partition coefficient (Wildman–Crippen LogP) is 0.664. The molecule has 1 aromatic carbocycles. The molecule has 0 bridgehead atoms. The maximum atomic E-state index is 12.9. The molecule has 0 amide bonds. The average molecular weight is 417 g/mol. The van der Waals surface area contributed by atoms with Crippen molar-refractivity contribution in [3.63, 3.8) is 0 Å². The summed E-state index contributed by atoms with van der Waals surface area (Å²) in [5.41, 5.74) is 1.12. The minimum Gasteiger partial charge on any atom is -0.390 e. The first-order valence-corrected chi connectivity index (χ1v) is 12.6. The van der Waals surface area contributed by atoms with Crippen molar-refractivity contribution >= 4 is 19.9 Å². The summed E-state index contributed by atoms with van der Waals surface area (Å²) >= 11 is 0. The maximum Gasteiger partial charge on any atom is 0.243 e. The van der Waals surface area contributed by atoms with Gasteiger partial charge in [0.15, 0.2) is 9.84 Å². The number of sulfone groups is 1. The van der Waals surface area contributed by atoms with Crippen LogP contribution in [0, 0.1) is 0 Å². The molecule has 1 aromatic rings. The number of nitrogens with zero attached hydrogens (tertiary/aromatic N) is 2. The van der Waals surface area contributed by atoms with Gasteiger partial charge >= 0.3 is 0 Å². The zero-order valence-corrected chi connectivity index (χ0v) is 17.4. The molecule has 7 nitrogen and oxygen atoms in total. The standard InChI is InChI=1S/C18H28N2O5S2/c1-3-14(2)15-4-6-16(7-5-15)27(24,25)20-10-8-19(9-11-20)17-12-26(22,23)13-18(17)21/h4-7,14,17-18,21H,3,8-13H2,1-2H3/t14-,17-,18-/m0/s1. The van der Waals surface area contributed by atoms with Gasteiger partial charge in [0, 0.05) is 26.2 Å². The molecule has 2 heterocycles. The zero-order valence-electron chi connectivity index (χ0n) is 15.8. The number of benzene rings is 1. The molecule has 2 fully saturated rings. The average Bonchev–Trinajstić information content (AvgIpc) is 2.93. The molecule has 9 heteroatoms. The summed E-state index contributed by atoms with van der Waals surface area (Å²) in [7, 11) is -6.78. The molecule has 2 aliphatic rings. The molecule has 0 spiro atoms. The van der Waals surface area contributed by atoms with E-state index in [1.165, 1.54) is 4.31 Å². The molecular weight excluding hydrogens is 388 g/mol. The Morgan fingerprint density at radius 2 is 1.70 bits per heavy atom. The third-order valence-electron chi connectivity index (χ3n) is 5.74. The van der Waals surface area contributed by atoms with Gasteiger partial charge in [0.2, 0.25) is 10.0 Å². The Balaban J connectivity index is 1.66. The van der Waals surface area contributed by atoms with Gasteiger partial charge in [-0.3, -0.25) is 4.90 Å². The summed E-state index contributed by atoms with van der Waals surface area (Å²) in [5, 5.41) is 10.0. The quantitative estimate of drug-likeness (QED) is 0.758. The van der Waals surface area contributed by atoms with Crippen LogP contribution in [0.5, 0.6) is 0 Å². The van der Waals surface area contributed by atoms with E-state index in [0.29, 0.717) is 32.1 Å². The van der Waals surface area contributed by atoms with E-state index in [1.54, 1.807) is 12.1 Å². The highest BCUT2D eigenvalue weighted by Crippen LogP contribution is 2.25. The highest BCUT2D eigenvalue weighted by molar-refractivity contribution is 7.91. The Labute approximate surface area is 161 Å². The van der Waals surface area contributed by atoms with Gasteiger partial charge in [-0.1, -0.05) is 26.0 Å². The van der Waals surface area contributed by atoms with Crippen molar-refractivity contribution in [2.75, 3.05) is 37.7 Å². The summed E-state index contributed by atoms with van der Waals surface area (Å²) in [6.45, 7) is 5.63. The largest absolute Gasteiger partial charge is 0.390 e. The predicted molar refractivity (Wildman–Crippen MR) is 104 cm³/mol. The van der Waals surface area contributed by atoms with E-state index in [9.17, 15) is 21.9 Å². The molecule has 0 aromatic heterocycles. The Kier molecular flexibility index (Phi) is 5.98. The van der Waals surface area contributed by atoms with Gasteiger partial charge in [-0.2, -0.15) is 4.31 Å². The maximum absolute atomic E-state index is 12.9. The molecule has 2 aliphatic heterocycles. The lowest BCUT2D eigenvalue weighted by Crippen LogP contribution is -2.54. The SMILES string of the molecule is CC[C@H](C)c1ccc(S(=O)(=O)N2CCN([C@H]3CS(=O)(=O)C[C@@H]3O)CC2)cc1. The van der Waals surface area contributed by atoms with Crippen LogP contribution in [0.1, 0.15) is 31.7 Å². The summed E-state index contributed by atoms with van der Waals surface area (Å²) < 4.78 is 50.6. The molecule has 3 atom stereocenters. The van der Waals surface area contributed by atoms with Crippen LogP contribution in [0.4, 0.5) is 0 Å². The van der Waals surface area contributed by atoms with E-state index >= 15 is 0 Å². The van der Waals surface area contributed by atoms with E-state index in [1.807, 2.05) is 17.0 Å². The molecule has 0 aliphatic carbocycles. The van der Waals surface area contributed by atoms with Crippen LogP contribution in [0.25, 0.3) is 0 Å². The van der Waals surface area contributed by atoms with Gasteiger partial charge in [0.05, 0.1) is 28.5 Å². The monoisotopic (exact) mass is 416 g/mol. The van der Waals surface area contributed by atoms with Gasteiger partial charge < -0.3 is 5.11 Å². The second-order valence-electron chi connectivity index (χ2n) is 7.53. The van der Waals surface area contributed by atoms with Gasteiger partial charge in [0.25, 0.3) is 0 Å². The highest BCUT2D eigenvalue weighted by atomic mass is 32.2. The van der Waals surface area contributed by atoms with Crippen molar-refractivity contribution in [3.8, 4) is 0 Å². The van der Waals surface area contributed by atoms with Crippen LogP contribution in [0.3, 0.4) is 0 Å². The van der Waals surface area contributed by atoms with E-state index in [4.69, 9.17) is 0 Å². The van der Waals surface area contributed by atoms with E-state index < -0.39 is 32.0 Å². The molecule has 152 valence electrons. The number of piperazine rings is 1. The highest BCUT2D eigenvalue weighted by Gasteiger charge is 2.41. The van der Waals surface area contributed by atoms with Crippen molar-refractivity contribution in [1.29, 1.82) is 0 Å². The summed E-state index contributed by atoms with van der Waals surface area (Å²) in [6, 6.07) is 6.64. The first-order valence-electron chi connectivity index (χ1n) is 9.36. The molecule has 3 rings (SSSR count).